The summed E-state index contributed by atoms with van der Waals surface area (Å²) >= 11 is 0. The van der Waals surface area contributed by atoms with Crippen molar-refractivity contribution in [2.45, 2.75) is 66.4 Å². The molecule has 1 aromatic rings. The van der Waals surface area contributed by atoms with E-state index >= 15 is 0 Å². The second kappa shape index (κ2) is 8.16. The minimum Gasteiger partial charge on any atom is -0.447 e. The Morgan fingerprint density at radius 2 is 1.70 bits per heavy atom. The summed E-state index contributed by atoms with van der Waals surface area (Å²) in [6.45, 7) is 13.1. The maximum Gasteiger partial charge on any atom is 0.343 e. The van der Waals surface area contributed by atoms with Crippen molar-refractivity contribution < 1.29 is 23.9 Å². The highest BCUT2D eigenvalue weighted by atomic mass is 16.7. The van der Waals surface area contributed by atoms with Crippen LogP contribution in [-0.2, 0) is 23.9 Å². The molecule has 0 aliphatic carbocycles. The molecule has 0 bridgehead atoms. The van der Waals surface area contributed by atoms with Crippen molar-refractivity contribution in [3.8, 4) is 0 Å². The van der Waals surface area contributed by atoms with Gasteiger partial charge >= 0.3 is 11.9 Å². The van der Waals surface area contributed by atoms with Gasteiger partial charge in [0.25, 0.3) is 0 Å². The van der Waals surface area contributed by atoms with Crippen molar-refractivity contribution in [1.29, 1.82) is 0 Å². The van der Waals surface area contributed by atoms with Crippen LogP contribution in [0, 0.1) is 26.2 Å². The Kier molecular flexibility index (Phi) is 6.12. The number of esters is 2. The molecule has 0 unspecified atom stereocenters. The summed E-state index contributed by atoms with van der Waals surface area (Å²) in [4.78, 5) is 31.3. The fraction of sp³-hybridized carbons (Fsp3) is 0.583. The molecular weight excluding hydrogens is 382 g/mol. The van der Waals surface area contributed by atoms with E-state index in [4.69, 9.17) is 14.3 Å². The Balaban J connectivity index is 2.11. The van der Waals surface area contributed by atoms with Crippen LogP contribution in [-0.4, -0.2) is 42.8 Å². The van der Waals surface area contributed by atoms with Crippen molar-refractivity contribution in [2.75, 3.05) is 20.2 Å². The Morgan fingerprint density at radius 1 is 1.13 bits per heavy atom. The van der Waals surface area contributed by atoms with E-state index in [0.717, 1.165) is 22.3 Å². The van der Waals surface area contributed by atoms with E-state index in [2.05, 4.69) is 0 Å². The number of ether oxygens (including phenoxy) is 2. The van der Waals surface area contributed by atoms with Crippen LogP contribution in [0.2, 0.25) is 0 Å². The van der Waals surface area contributed by atoms with Gasteiger partial charge in [-0.1, -0.05) is 38.5 Å². The van der Waals surface area contributed by atoms with Crippen molar-refractivity contribution in [3.63, 3.8) is 0 Å². The van der Waals surface area contributed by atoms with Gasteiger partial charge in [-0.15, -0.1) is 0 Å². The van der Waals surface area contributed by atoms with Crippen LogP contribution in [0.25, 0.3) is 5.57 Å². The third kappa shape index (κ3) is 4.44. The molecule has 2 aliphatic rings. The average molecular weight is 416 g/mol. The summed E-state index contributed by atoms with van der Waals surface area (Å²) in [6, 6.07) is 4.07. The van der Waals surface area contributed by atoms with Crippen LogP contribution >= 0.6 is 0 Å². The van der Waals surface area contributed by atoms with Gasteiger partial charge in [-0.25, -0.2) is 4.79 Å². The number of carbonyl (C=O) groups is 2. The lowest BCUT2D eigenvalue weighted by Gasteiger charge is -2.37. The fourth-order valence-corrected chi connectivity index (χ4v) is 4.47. The first-order valence-electron chi connectivity index (χ1n) is 10.5. The Morgan fingerprint density at radius 3 is 2.20 bits per heavy atom. The van der Waals surface area contributed by atoms with Crippen molar-refractivity contribution in [3.05, 3.63) is 40.1 Å². The number of carbonyl (C=O) groups excluding carboxylic acids is 2. The molecule has 30 heavy (non-hydrogen) atoms. The van der Waals surface area contributed by atoms with Gasteiger partial charge in [0.15, 0.2) is 11.4 Å². The molecular formula is C24H33NO5. The highest BCUT2D eigenvalue weighted by Gasteiger charge is 2.52. The lowest BCUT2D eigenvalue weighted by molar-refractivity contribution is -0.185. The van der Waals surface area contributed by atoms with Gasteiger partial charge in [-0.05, 0) is 42.9 Å². The first-order chi connectivity index (χ1) is 14.0. The number of nitrogens with zero attached hydrogens (tertiary/aromatic N) is 1. The Bertz CT molecular complexity index is 862. The summed E-state index contributed by atoms with van der Waals surface area (Å²) in [6.07, 6.45) is 1.28. The summed E-state index contributed by atoms with van der Waals surface area (Å²) in [5.74, 6) is -0.397. The standard InChI is InChI=1S/C24H33NO5/c1-15-12-16(2)19(17(3)13-15)20-21(29-18(26)14-23(4,5)6)24(30-22(20)27)8-10-25(28-7)11-9-24/h12-13H,8-11,14H2,1-7H3. The summed E-state index contributed by atoms with van der Waals surface area (Å²) in [5, 5.41) is 1.83. The van der Waals surface area contributed by atoms with E-state index in [1.165, 1.54) is 0 Å². The average Bonchev–Trinajstić information content (AvgIpc) is 2.85. The number of hydroxylamine groups is 2. The van der Waals surface area contributed by atoms with E-state index in [-0.39, 0.29) is 17.8 Å². The molecule has 0 atom stereocenters. The zero-order chi connectivity index (χ0) is 22.3. The Hall–Kier alpha value is -2.18. The normalized spacial score (nSPS) is 19.4. The van der Waals surface area contributed by atoms with E-state index in [9.17, 15) is 9.59 Å². The zero-order valence-electron chi connectivity index (χ0n) is 19.2. The molecule has 1 spiro atoms. The third-order valence-electron chi connectivity index (χ3n) is 5.74. The maximum atomic E-state index is 13.1. The third-order valence-corrected chi connectivity index (χ3v) is 5.74. The topological polar surface area (TPSA) is 65.1 Å². The summed E-state index contributed by atoms with van der Waals surface area (Å²) in [5.41, 5.74) is 3.09. The fourth-order valence-electron chi connectivity index (χ4n) is 4.47. The van der Waals surface area contributed by atoms with Crippen molar-refractivity contribution in [2.24, 2.45) is 5.41 Å². The molecule has 0 radical (unpaired) electrons. The predicted molar refractivity (Wildman–Crippen MR) is 114 cm³/mol. The van der Waals surface area contributed by atoms with Gasteiger partial charge in [-0.2, -0.15) is 5.06 Å². The molecule has 6 heteroatoms. The highest BCUT2D eigenvalue weighted by Crippen LogP contribution is 2.46. The molecule has 0 amide bonds. The van der Waals surface area contributed by atoms with Crippen LogP contribution in [0.3, 0.4) is 0 Å². The molecule has 2 heterocycles. The number of piperidine rings is 1. The number of hydrogen-bond acceptors (Lipinski definition) is 6. The van der Waals surface area contributed by atoms with Crippen molar-refractivity contribution >= 4 is 17.5 Å². The van der Waals surface area contributed by atoms with E-state index in [1.54, 1.807) is 7.11 Å². The molecule has 1 saturated heterocycles. The molecule has 6 nitrogen and oxygen atoms in total. The minimum absolute atomic E-state index is 0.219. The van der Waals surface area contributed by atoms with Crippen LogP contribution < -0.4 is 0 Å². The van der Waals surface area contributed by atoms with Gasteiger partial charge in [0.2, 0.25) is 0 Å². The first-order valence-corrected chi connectivity index (χ1v) is 10.5. The van der Waals surface area contributed by atoms with Crippen LogP contribution in [0.1, 0.15) is 62.3 Å². The van der Waals surface area contributed by atoms with Gasteiger partial charge in [0, 0.05) is 25.9 Å². The number of hydrogen-bond donors (Lipinski definition) is 0. The largest absolute Gasteiger partial charge is 0.447 e. The van der Waals surface area contributed by atoms with E-state index < -0.39 is 11.6 Å². The first kappa shape index (κ1) is 22.5. The van der Waals surface area contributed by atoms with Crippen LogP contribution in [0.5, 0.6) is 0 Å². The second-order valence-electron chi connectivity index (χ2n) is 9.68. The summed E-state index contributed by atoms with van der Waals surface area (Å²) < 4.78 is 11.9. The molecule has 1 fully saturated rings. The zero-order valence-corrected chi connectivity index (χ0v) is 19.2. The lowest BCUT2D eigenvalue weighted by atomic mass is 9.86. The number of benzene rings is 1. The van der Waals surface area contributed by atoms with E-state index in [1.807, 2.05) is 58.7 Å². The monoisotopic (exact) mass is 415 g/mol. The molecule has 0 N–H and O–H groups in total. The number of aryl methyl sites for hydroxylation is 3. The smallest absolute Gasteiger partial charge is 0.343 e. The van der Waals surface area contributed by atoms with E-state index in [0.29, 0.717) is 37.3 Å². The maximum absolute atomic E-state index is 13.1. The SMILES string of the molecule is CON1CCC2(CC1)OC(=O)C(c1c(C)cc(C)cc1C)=C2OC(=O)CC(C)(C)C. The molecule has 2 aliphatic heterocycles. The molecule has 1 aromatic carbocycles. The van der Waals surface area contributed by atoms with Gasteiger partial charge < -0.3 is 14.3 Å². The van der Waals surface area contributed by atoms with Gasteiger partial charge in [-0.3, -0.25) is 4.79 Å². The molecule has 0 aromatic heterocycles. The van der Waals surface area contributed by atoms with Crippen LogP contribution in [0.15, 0.2) is 17.9 Å². The molecule has 164 valence electrons. The van der Waals surface area contributed by atoms with Gasteiger partial charge in [0.05, 0.1) is 13.5 Å². The second-order valence-corrected chi connectivity index (χ2v) is 9.68. The summed E-state index contributed by atoms with van der Waals surface area (Å²) in [7, 11) is 1.63. The van der Waals surface area contributed by atoms with Crippen LogP contribution in [0.4, 0.5) is 0 Å². The van der Waals surface area contributed by atoms with Crippen molar-refractivity contribution in [1.82, 2.24) is 5.06 Å². The molecule has 0 saturated carbocycles. The Labute approximate surface area is 179 Å². The molecule has 3 rings (SSSR count). The van der Waals surface area contributed by atoms with Gasteiger partial charge in [0.1, 0.15) is 5.57 Å². The highest BCUT2D eigenvalue weighted by molar-refractivity contribution is 6.20. The quantitative estimate of drug-likeness (QED) is 0.685. The lowest BCUT2D eigenvalue weighted by Crippen LogP contribution is -2.46. The number of rotatable bonds is 4. The minimum atomic E-state index is -0.932. The predicted octanol–water partition coefficient (Wildman–Crippen LogP) is 4.26.